The minimum atomic E-state index is 0. The van der Waals surface area contributed by atoms with Crippen LogP contribution in [0.25, 0.3) is 0 Å². The Morgan fingerprint density at radius 3 is 2.76 bits per heavy atom. The summed E-state index contributed by atoms with van der Waals surface area (Å²) < 4.78 is 2.32. The number of piperidine rings is 2. The molecule has 3 aliphatic heterocycles. The van der Waals surface area contributed by atoms with E-state index in [1.54, 1.807) is 0 Å². The smallest absolute Gasteiger partial charge is 0.194 e. The second kappa shape index (κ2) is 11.6. The predicted octanol–water partition coefficient (Wildman–Crippen LogP) is 3.68. The molecule has 4 heterocycles. The zero-order chi connectivity index (χ0) is 21.8. The van der Waals surface area contributed by atoms with E-state index in [2.05, 4.69) is 65.2 Å². The summed E-state index contributed by atoms with van der Waals surface area (Å²) in [5.41, 5.74) is 1.43. The number of nitrogens with one attached hydrogen (secondary N) is 1. The molecule has 2 unspecified atom stereocenters. The van der Waals surface area contributed by atoms with E-state index in [1.807, 2.05) is 7.05 Å². The van der Waals surface area contributed by atoms with Gasteiger partial charge in [-0.15, -0.1) is 34.2 Å². The molecule has 1 aromatic heterocycles. The Labute approximate surface area is 215 Å². The van der Waals surface area contributed by atoms with Crippen molar-refractivity contribution in [3.8, 4) is 0 Å². The van der Waals surface area contributed by atoms with E-state index in [4.69, 9.17) is 0 Å². The second-order valence-electron chi connectivity index (χ2n) is 9.56. The molecule has 2 saturated heterocycles. The van der Waals surface area contributed by atoms with Crippen LogP contribution in [0.15, 0.2) is 35.3 Å². The van der Waals surface area contributed by atoms with Crippen LogP contribution < -0.4 is 5.32 Å². The molecule has 8 heteroatoms. The van der Waals surface area contributed by atoms with Crippen LogP contribution in [-0.4, -0.2) is 63.2 Å². The number of aryl methyl sites for hydroxylation is 1. The molecular formula is C25H38IN7. The fourth-order valence-electron chi connectivity index (χ4n) is 5.88. The van der Waals surface area contributed by atoms with Crippen LogP contribution in [0.2, 0.25) is 0 Å². The van der Waals surface area contributed by atoms with Crippen LogP contribution in [-0.2, 0) is 26.1 Å². The third-order valence-corrected chi connectivity index (χ3v) is 7.51. The van der Waals surface area contributed by atoms with E-state index in [0.29, 0.717) is 18.5 Å². The van der Waals surface area contributed by atoms with Gasteiger partial charge in [-0.25, -0.2) is 0 Å². The van der Waals surface area contributed by atoms with Crippen molar-refractivity contribution >= 4 is 29.9 Å². The lowest BCUT2D eigenvalue weighted by atomic mass is 9.83. The Bertz CT molecular complexity index is 913. The summed E-state index contributed by atoms with van der Waals surface area (Å²) in [7, 11) is 1.90. The zero-order valence-electron chi connectivity index (χ0n) is 19.8. The Kier molecular flexibility index (Phi) is 8.62. The molecule has 7 nitrogen and oxygen atoms in total. The van der Waals surface area contributed by atoms with Crippen LogP contribution in [0.5, 0.6) is 0 Å². The quantitative estimate of drug-likeness (QED) is 0.350. The van der Waals surface area contributed by atoms with Gasteiger partial charge in [0.2, 0.25) is 0 Å². The summed E-state index contributed by atoms with van der Waals surface area (Å²) >= 11 is 0. The molecule has 0 spiro atoms. The normalized spacial score (nSPS) is 23.8. The maximum atomic E-state index is 4.63. The van der Waals surface area contributed by atoms with Crippen LogP contribution in [0.1, 0.15) is 55.7 Å². The Morgan fingerprint density at radius 2 is 1.91 bits per heavy atom. The van der Waals surface area contributed by atoms with E-state index in [9.17, 15) is 0 Å². The summed E-state index contributed by atoms with van der Waals surface area (Å²) in [6, 6.07) is 11.6. The van der Waals surface area contributed by atoms with Gasteiger partial charge in [0.1, 0.15) is 5.82 Å². The third kappa shape index (κ3) is 5.70. The first-order valence-electron chi connectivity index (χ1n) is 12.5. The van der Waals surface area contributed by atoms with Crippen molar-refractivity contribution in [1.29, 1.82) is 0 Å². The van der Waals surface area contributed by atoms with Crippen LogP contribution in [0.4, 0.5) is 0 Å². The number of guanidine groups is 1. The lowest BCUT2D eigenvalue weighted by molar-refractivity contribution is 0.0372. The largest absolute Gasteiger partial charge is 0.349 e. The second-order valence-corrected chi connectivity index (χ2v) is 9.56. The van der Waals surface area contributed by atoms with Gasteiger partial charge in [0, 0.05) is 45.7 Å². The molecule has 2 aromatic rings. The van der Waals surface area contributed by atoms with Gasteiger partial charge in [-0.1, -0.05) is 36.8 Å². The predicted molar refractivity (Wildman–Crippen MR) is 143 cm³/mol. The molecule has 2 fully saturated rings. The highest BCUT2D eigenvalue weighted by Gasteiger charge is 2.36. The first-order chi connectivity index (χ1) is 15.8. The zero-order valence-corrected chi connectivity index (χ0v) is 22.2. The first-order valence-corrected chi connectivity index (χ1v) is 12.5. The molecule has 1 N–H and O–H groups in total. The molecule has 0 bridgehead atoms. The van der Waals surface area contributed by atoms with E-state index in [0.717, 1.165) is 50.2 Å². The highest BCUT2D eigenvalue weighted by molar-refractivity contribution is 14.0. The summed E-state index contributed by atoms with van der Waals surface area (Å²) in [6.45, 7) is 6.19. The minimum Gasteiger partial charge on any atom is -0.349 e. The van der Waals surface area contributed by atoms with Gasteiger partial charge < -0.3 is 14.8 Å². The van der Waals surface area contributed by atoms with Gasteiger partial charge >= 0.3 is 0 Å². The van der Waals surface area contributed by atoms with E-state index in [-0.39, 0.29) is 24.0 Å². The molecule has 180 valence electrons. The van der Waals surface area contributed by atoms with Crippen molar-refractivity contribution in [3.05, 3.63) is 47.5 Å². The van der Waals surface area contributed by atoms with Gasteiger partial charge in [0.15, 0.2) is 11.8 Å². The Balaban J connectivity index is 0.00000259. The van der Waals surface area contributed by atoms with Gasteiger partial charge in [-0.2, -0.15) is 0 Å². The van der Waals surface area contributed by atoms with E-state index < -0.39 is 0 Å². The molecule has 3 aliphatic rings. The van der Waals surface area contributed by atoms with Gasteiger partial charge in [0.05, 0.1) is 6.54 Å². The minimum absolute atomic E-state index is 0. The van der Waals surface area contributed by atoms with Crippen LogP contribution in [0.3, 0.4) is 0 Å². The maximum Gasteiger partial charge on any atom is 0.194 e. The molecule has 2 atom stereocenters. The van der Waals surface area contributed by atoms with E-state index in [1.165, 1.54) is 50.6 Å². The number of benzene rings is 1. The monoisotopic (exact) mass is 563 g/mol. The average Bonchev–Trinajstić information content (AvgIpc) is 3.06. The molecule has 5 rings (SSSR count). The van der Waals surface area contributed by atoms with Crippen molar-refractivity contribution in [1.82, 2.24) is 29.9 Å². The van der Waals surface area contributed by atoms with Crippen LogP contribution in [0, 0.1) is 5.92 Å². The maximum absolute atomic E-state index is 4.63. The highest BCUT2D eigenvalue weighted by Crippen LogP contribution is 2.31. The van der Waals surface area contributed by atoms with Crippen molar-refractivity contribution in [3.63, 3.8) is 0 Å². The number of likely N-dealkylation sites (tertiary alicyclic amines) is 2. The molecule has 0 radical (unpaired) electrons. The van der Waals surface area contributed by atoms with Gasteiger partial charge in [0.25, 0.3) is 0 Å². The number of aromatic nitrogens is 3. The standard InChI is InChI=1S/C25H37N7.HI/c1-26-25(27-17-24-29-28-23-12-6-3-7-15-32(23)24)31-16-13-22-21(19-31)11-8-14-30(22)18-20-9-4-2-5-10-20;/h2,4-5,9-10,21-22H,3,6-8,11-19H2,1H3,(H,26,27);1H. The number of aliphatic imine (C=N–C) groups is 1. The summed E-state index contributed by atoms with van der Waals surface area (Å²) in [4.78, 5) is 9.82. The van der Waals surface area contributed by atoms with Crippen LogP contribution >= 0.6 is 24.0 Å². The molecule has 0 saturated carbocycles. The number of halogens is 1. The summed E-state index contributed by atoms with van der Waals surface area (Å²) in [5.74, 6) is 3.92. The highest BCUT2D eigenvalue weighted by atomic mass is 127. The number of hydrogen-bond acceptors (Lipinski definition) is 4. The summed E-state index contributed by atoms with van der Waals surface area (Å²) in [6.07, 6.45) is 8.61. The molecule has 0 aliphatic carbocycles. The number of hydrogen-bond donors (Lipinski definition) is 1. The average molecular weight is 564 g/mol. The van der Waals surface area contributed by atoms with Crippen molar-refractivity contribution in [2.75, 3.05) is 26.7 Å². The molecule has 1 aromatic carbocycles. The third-order valence-electron chi connectivity index (χ3n) is 7.51. The van der Waals surface area contributed by atoms with E-state index >= 15 is 0 Å². The number of rotatable bonds is 4. The number of nitrogens with zero attached hydrogens (tertiary/aromatic N) is 6. The van der Waals surface area contributed by atoms with Gasteiger partial charge in [-0.3, -0.25) is 9.89 Å². The van der Waals surface area contributed by atoms with Gasteiger partial charge in [-0.05, 0) is 50.1 Å². The summed E-state index contributed by atoms with van der Waals surface area (Å²) in [5, 5.41) is 12.5. The molecular weight excluding hydrogens is 525 g/mol. The topological polar surface area (TPSA) is 61.6 Å². The Hall–Kier alpha value is -1.68. The first kappa shape index (κ1) is 24.4. The number of fused-ring (bicyclic) bond motifs is 2. The lowest BCUT2D eigenvalue weighted by Crippen LogP contribution is -2.56. The fraction of sp³-hybridized carbons (Fsp3) is 0.640. The molecule has 33 heavy (non-hydrogen) atoms. The Morgan fingerprint density at radius 1 is 1.03 bits per heavy atom. The van der Waals surface area contributed by atoms with Crippen molar-refractivity contribution < 1.29 is 0 Å². The van der Waals surface area contributed by atoms with Crippen molar-refractivity contribution in [2.45, 2.75) is 70.6 Å². The molecule has 0 amide bonds. The van der Waals surface area contributed by atoms with Crippen molar-refractivity contribution in [2.24, 2.45) is 10.9 Å². The fourth-order valence-corrected chi connectivity index (χ4v) is 5.88. The SMILES string of the molecule is CN=C(NCc1nnc2n1CCCCC2)N1CCC2C(CCCN2Cc2ccccc2)C1.I. The lowest BCUT2D eigenvalue weighted by Gasteiger charge is -2.48.